The van der Waals surface area contributed by atoms with Gasteiger partial charge in [-0.1, -0.05) is 6.58 Å². The summed E-state index contributed by atoms with van der Waals surface area (Å²) in [6.45, 7) is 5.90. The van der Waals surface area contributed by atoms with Crippen LogP contribution in [0.25, 0.3) is 0 Å². The molecule has 0 bridgehead atoms. The maximum atomic E-state index is 10.6. The number of carbonyl (C=O) groups excluding carboxylic acids is 1. The Hall–Kier alpha value is -1.10. The normalized spacial score (nSPS) is 8.55. The van der Waals surface area contributed by atoms with Gasteiger partial charge in [0.2, 0.25) is 5.05 Å². The van der Waals surface area contributed by atoms with Gasteiger partial charge in [-0.15, -0.1) is 0 Å². The Labute approximate surface area is 66.0 Å². The van der Waals surface area contributed by atoms with Crippen molar-refractivity contribution < 1.29 is 17.9 Å². The molecule has 0 aliphatic rings. The summed E-state index contributed by atoms with van der Waals surface area (Å²) in [4.78, 5) is 10.6. The van der Waals surface area contributed by atoms with Gasteiger partial charge in [0.1, 0.15) is 0 Å². The number of carbonyl (C=O) groups is 1. The summed E-state index contributed by atoms with van der Waals surface area (Å²) in [6.07, 6.45) is 0. The molecule has 0 aromatic heterocycles. The summed E-state index contributed by atoms with van der Waals surface area (Å²) in [5, 5.41) is -0.349. The van der Waals surface area contributed by atoms with Gasteiger partial charge in [-0.3, -0.25) is 0 Å². The van der Waals surface area contributed by atoms with Crippen molar-refractivity contribution in [2.75, 3.05) is 0 Å². The standard InChI is InChI=1S/C6H8O4S/c1-4(2)6(7)10-5(3)11(8)9/h1H2,2-3H3. The molecule has 0 aromatic rings. The number of hydrogen-bond donors (Lipinski definition) is 0. The first-order valence-electron chi connectivity index (χ1n) is 2.75. The zero-order chi connectivity index (χ0) is 9.02. The Morgan fingerprint density at radius 1 is 1.36 bits per heavy atom. The first-order valence-corrected chi connectivity index (χ1v) is 3.83. The zero-order valence-electron chi connectivity index (χ0n) is 6.25. The fourth-order valence-corrected chi connectivity index (χ4v) is 0.395. The van der Waals surface area contributed by atoms with Gasteiger partial charge >= 0.3 is 5.97 Å². The van der Waals surface area contributed by atoms with Crippen molar-refractivity contribution in [1.29, 1.82) is 0 Å². The summed E-state index contributed by atoms with van der Waals surface area (Å²) >= 11 is 0. The van der Waals surface area contributed by atoms with Crippen molar-refractivity contribution in [3.8, 4) is 0 Å². The monoisotopic (exact) mass is 176 g/mol. The third-order valence-corrected chi connectivity index (χ3v) is 1.37. The van der Waals surface area contributed by atoms with Gasteiger partial charge in [0.05, 0.1) is 0 Å². The van der Waals surface area contributed by atoms with Gasteiger partial charge in [0, 0.05) is 12.5 Å². The van der Waals surface area contributed by atoms with Crippen LogP contribution in [0.15, 0.2) is 12.2 Å². The van der Waals surface area contributed by atoms with Gasteiger partial charge in [0.25, 0.3) is 10.3 Å². The van der Waals surface area contributed by atoms with Crippen LogP contribution in [0.3, 0.4) is 0 Å². The third kappa shape index (κ3) is 3.57. The minimum absolute atomic E-state index is 0.162. The van der Waals surface area contributed by atoms with Crippen molar-refractivity contribution in [2.45, 2.75) is 13.8 Å². The van der Waals surface area contributed by atoms with E-state index in [2.05, 4.69) is 11.3 Å². The second kappa shape index (κ2) is 3.92. The van der Waals surface area contributed by atoms with Crippen LogP contribution < -0.4 is 0 Å². The van der Waals surface area contributed by atoms with Gasteiger partial charge in [-0.25, -0.2) is 4.79 Å². The van der Waals surface area contributed by atoms with Crippen LogP contribution in [0.4, 0.5) is 0 Å². The predicted molar refractivity (Wildman–Crippen MR) is 40.5 cm³/mol. The molecule has 0 saturated heterocycles. The maximum Gasteiger partial charge on any atom is 0.339 e. The molecular weight excluding hydrogens is 168 g/mol. The van der Waals surface area contributed by atoms with Crippen LogP contribution >= 0.6 is 0 Å². The molecule has 0 saturated carbocycles. The molecule has 5 heteroatoms. The molecule has 0 fully saturated rings. The first kappa shape index (κ1) is 9.90. The average molecular weight is 176 g/mol. The highest BCUT2D eigenvalue weighted by atomic mass is 32.2. The lowest BCUT2D eigenvalue weighted by Gasteiger charge is -1.97. The fourth-order valence-electron chi connectivity index (χ4n) is 0.252. The molecule has 0 N–H and O–H groups in total. The molecule has 0 heterocycles. The highest BCUT2D eigenvalue weighted by Crippen LogP contribution is 1.91. The summed E-state index contributed by atoms with van der Waals surface area (Å²) in [5.74, 6) is -0.730. The second-order valence-electron chi connectivity index (χ2n) is 1.90. The van der Waals surface area contributed by atoms with E-state index < -0.39 is 16.3 Å². The van der Waals surface area contributed by atoms with Crippen molar-refractivity contribution in [3.05, 3.63) is 12.2 Å². The van der Waals surface area contributed by atoms with Gasteiger partial charge < -0.3 is 4.74 Å². The molecule has 4 nitrogen and oxygen atoms in total. The van der Waals surface area contributed by atoms with Crippen LogP contribution in [0.1, 0.15) is 13.8 Å². The summed E-state index contributed by atoms with van der Waals surface area (Å²) in [6, 6.07) is 0. The van der Waals surface area contributed by atoms with Gasteiger partial charge in [-0.05, 0) is 6.92 Å². The average Bonchev–Trinajstić information content (AvgIpc) is 1.87. The zero-order valence-corrected chi connectivity index (χ0v) is 7.06. The van der Waals surface area contributed by atoms with Crippen LogP contribution in [-0.2, 0) is 19.8 Å². The van der Waals surface area contributed by atoms with Crippen LogP contribution in [0.5, 0.6) is 0 Å². The third-order valence-electron chi connectivity index (χ3n) is 0.820. The molecule has 0 radical (unpaired) electrons. The number of rotatable bonds is 1. The van der Waals surface area contributed by atoms with Crippen LogP contribution in [0.2, 0.25) is 0 Å². The number of ether oxygens (including phenoxy) is 1. The SMILES string of the molecule is C=C(C)C(=O)OC(C)=S(=O)=O. The molecule has 0 unspecified atom stereocenters. The molecule has 0 amide bonds. The Bertz CT molecular complexity index is 301. The fraction of sp³-hybridized carbons (Fsp3) is 0.333. The molecule has 0 rings (SSSR count). The lowest BCUT2D eigenvalue weighted by atomic mass is 10.4. The summed E-state index contributed by atoms with van der Waals surface area (Å²) in [7, 11) is -2.46. The molecule has 11 heavy (non-hydrogen) atoms. The van der Waals surface area contributed by atoms with Crippen molar-refractivity contribution in [2.24, 2.45) is 0 Å². The van der Waals surface area contributed by atoms with E-state index in [9.17, 15) is 13.2 Å². The second-order valence-corrected chi connectivity index (χ2v) is 2.94. The Morgan fingerprint density at radius 3 is 2.09 bits per heavy atom. The van der Waals surface area contributed by atoms with Crippen molar-refractivity contribution >= 4 is 21.3 Å². The number of esters is 1. The van der Waals surface area contributed by atoms with E-state index in [4.69, 9.17) is 0 Å². The lowest BCUT2D eigenvalue weighted by Crippen LogP contribution is -2.10. The smallest absolute Gasteiger partial charge is 0.339 e. The highest BCUT2D eigenvalue weighted by molar-refractivity contribution is 7.72. The molecule has 0 aliphatic heterocycles. The van der Waals surface area contributed by atoms with E-state index in [0.717, 1.165) is 0 Å². The summed E-state index contributed by atoms with van der Waals surface area (Å²) in [5.41, 5.74) is 0.162. The first-order chi connectivity index (χ1) is 4.95. The molecular formula is C6H8O4S. The minimum atomic E-state index is -2.46. The predicted octanol–water partition coefficient (Wildman–Crippen LogP) is 0.135. The van der Waals surface area contributed by atoms with Crippen molar-refractivity contribution in [3.63, 3.8) is 0 Å². The van der Waals surface area contributed by atoms with Gasteiger partial charge in [0.15, 0.2) is 0 Å². The van der Waals surface area contributed by atoms with E-state index in [0.29, 0.717) is 0 Å². The van der Waals surface area contributed by atoms with E-state index in [1.807, 2.05) is 0 Å². The Balaban J connectivity index is 4.43. The topological polar surface area (TPSA) is 60.4 Å². The molecule has 0 aliphatic carbocycles. The molecule has 0 spiro atoms. The summed E-state index contributed by atoms with van der Waals surface area (Å²) < 4.78 is 24.6. The number of hydrogen-bond acceptors (Lipinski definition) is 4. The van der Waals surface area contributed by atoms with E-state index >= 15 is 0 Å². The lowest BCUT2D eigenvalue weighted by molar-refractivity contribution is -0.131. The van der Waals surface area contributed by atoms with Gasteiger partial charge in [-0.2, -0.15) is 8.42 Å². The van der Waals surface area contributed by atoms with Crippen molar-refractivity contribution in [1.82, 2.24) is 0 Å². The quantitative estimate of drug-likeness (QED) is 0.324. The highest BCUT2D eigenvalue weighted by Gasteiger charge is 2.05. The largest absolute Gasteiger partial charge is 0.411 e. The van der Waals surface area contributed by atoms with E-state index in [-0.39, 0.29) is 10.6 Å². The van der Waals surface area contributed by atoms with Crippen LogP contribution in [-0.4, -0.2) is 19.4 Å². The Morgan fingerprint density at radius 2 is 1.82 bits per heavy atom. The van der Waals surface area contributed by atoms with Crippen LogP contribution in [0, 0.1) is 0 Å². The van der Waals surface area contributed by atoms with E-state index in [1.54, 1.807) is 0 Å². The maximum absolute atomic E-state index is 10.6. The Kier molecular flexibility index (Phi) is 3.53. The minimum Gasteiger partial charge on any atom is -0.411 e. The molecule has 0 atom stereocenters. The van der Waals surface area contributed by atoms with E-state index in [1.165, 1.54) is 13.8 Å². The molecule has 0 aromatic carbocycles. The molecule has 62 valence electrons.